The average molecular weight is 370 g/mol. The molecule has 2 fully saturated rings. The van der Waals surface area contributed by atoms with Crippen molar-refractivity contribution in [2.75, 3.05) is 13.1 Å². The van der Waals surface area contributed by atoms with E-state index in [4.69, 9.17) is 0 Å². The van der Waals surface area contributed by atoms with Crippen LogP contribution in [0, 0.1) is 0 Å². The van der Waals surface area contributed by atoms with Crippen LogP contribution in [0.15, 0.2) is 37.1 Å². The molecule has 4 heterocycles. The number of likely N-dealkylation sites (tertiary alicyclic amines) is 1. The highest BCUT2D eigenvalue weighted by molar-refractivity contribution is 5.94. The lowest BCUT2D eigenvalue weighted by Gasteiger charge is -2.24. The van der Waals surface area contributed by atoms with Crippen LogP contribution in [0.1, 0.15) is 29.6 Å². The highest BCUT2D eigenvalue weighted by atomic mass is 35.5. The number of pyridine rings is 1. The molecule has 2 atom stereocenters. The number of rotatable bonds is 2. The monoisotopic (exact) mass is 369 g/mol. The number of aromatic nitrogens is 3. The van der Waals surface area contributed by atoms with Gasteiger partial charge in [-0.25, -0.2) is 9.97 Å². The summed E-state index contributed by atoms with van der Waals surface area (Å²) in [6.07, 6.45) is 10.4. The molecule has 2 bridgehead atoms. The molecule has 2 aromatic heterocycles. The van der Waals surface area contributed by atoms with Gasteiger partial charge in [-0.05, 0) is 31.4 Å². The van der Waals surface area contributed by atoms with Crippen molar-refractivity contribution in [1.82, 2.24) is 24.8 Å². The summed E-state index contributed by atoms with van der Waals surface area (Å²) in [6, 6.07) is 4.75. The normalized spacial score (nSPS) is 22.2. The van der Waals surface area contributed by atoms with Gasteiger partial charge >= 0.3 is 0 Å². The zero-order valence-corrected chi connectivity index (χ0v) is 14.8. The van der Waals surface area contributed by atoms with Crippen LogP contribution in [-0.2, 0) is 0 Å². The standard InChI is InChI=1S/C16H19N5O.2ClH/c22-16(20-7-5-13-2-3-14(10-20)19-13)12-1-4-15(18-9-12)21-8-6-17-11-21;;/h1,4,6,8-9,11,13-14,19H,2-3,5,7,10H2;2*1H. The Hall–Kier alpha value is -1.63. The van der Waals surface area contributed by atoms with Gasteiger partial charge in [-0.15, -0.1) is 24.8 Å². The van der Waals surface area contributed by atoms with Crippen LogP contribution in [0.5, 0.6) is 0 Å². The Morgan fingerprint density at radius 3 is 2.71 bits per heavy atom. The van der Waals surface area contributed by atoms with Crippen LogP contribution in [0.4, 0.5) is 0 Å². The van der Waals surface area contributed by atoms with Crippen molar-refractivity contribution in [2.45, 2.75) is 31.3 Å². The molecule has 8 heteroatoms. The van der Waals surface area contributed by atoms with E-state index in [-0.39, 0.29) is 30.7 Å². The number of carbonyl (C=O) groups is 1. The van der Waals surface area contributed by atoms with E-state index in [9.17, 15) is 4.79 Å². The van der Waals surface area contributed by atoms with Gasteiger partial charge in [0.2, 0.25) is 0 Å². The molecule has 2 unspecified atom stereocenters. The van der Waals surface area contributed by atoms with Gasteiger partial charge in [-0.3, -0.25) is 9.36 Å². The number of nitrogens with one attached hydrogen (secondary N) is 1. The predicted molar refractivity (Wildman–Crippen MR) is 96.3 cm³/mol. The molecule has 2 aliphatic rings. The summed E-state index contributed by atoms with van der Waals surface area (Å²) in [4.78, 5) is 23.0. The molecule has 6 nitrogen and oxygen atoms in total. The molecular formula is C16H21Cl2N5O. The lowest BCUT2D eigenvalue weighted by molar-refractivity contribution is 0.0748. The first kappa shape index (κ1) is 18.7. The van der Waals surface area contributed by atoms with E-state index in [2.05, 4.69) is 15.3 Å². The van der Waals surface area contributed by atoms with Gasteiger partial charge in [0, 0.05) is 43.8 Å². The maximum atomic E-state index is 12.7. The number of nitrogens with zero attached hydrogens (tertiary/aromatic N) is 4. The van der Waals surface area contributed by atoms with Crippen LogP contribution < -0.4 is 5.32 Å². The number of hydrogen-bond donors (Lipinski definition) is 1. The lowest BCUT2D eigenvalue weighted by Crippen LogP contribution is -2.39. The number of fused-ring (bicyclic) bond motifs is 2. The number of hydrogen-bond acceptors (Lipinski definition) is 4. The minimum Gasteiger partial charge on any atom is -0.337 e. The summed E-state index contributed by atoms with van der Waals surface area (Å²) < 4.78 is 1.82. The fourth-order valence-corrected chi connectivity index (χ4v) is 3.37. The van der Waals surface area contributed by atoms with Crippen molar-refractivity contribution in [3.63, 3.8) is 0 Å². The Kier molecular flexibility index (Phi) is 6.21. The number of amides is 1. The summed E-state index contributed by atoms with van der Waals surface area (Å²) >= 11 is 0. The number of carbonyl (C=O) groups excluding carboxylic acids is 1. The molecule has 2 aliphatic heterocycles. The average Bonchev–Trinajstić information content (AvgIpc) is 3.17. The van der Waals surface area contributed by atoms with Gasteiger partial charge in [-0.1, -0.05) is 0 Å². The lowest BCUT2D eigenvalue weighted by atomic mass is 10.1. The van der Waals surface area contributed by atoms with E-state index in [1.807, 2.05) is 27.8 Å². The van der Waals surface area contributed by atoms with Crippen LogP contribution in [0.25, 0.3) is 5.82 Å². The maximum absolute atomic E-state index is 12.7. The molecule has 0 spiro atoms. The molecule has 2 saturated heterocycles. The molecule has 4 rings (SSSR count). The van der Waals surface area contributed by atoms with Gasteiger partial charge in [0.25, 0.3) is 5.91 Å². The summed E-state index contributed by atoms with van der Waals surface area (Å²) in [5.74, 6) is 0.852. The van der Waals surface area contributed by atoms with E-state index >= 15 is 0 Å². The molecular weight excluding hydrogens is 349 g/mol. The van der Waals surface area contributed by atoms with Crippen LogP contribution in [0.2, 0.25) is 0 Å². The third-order valence-corrected chi connectivity index (χ3v) is 4.57. The molecule has 130 valence electrons. The summed E-state index contributed by atoms with van der Waals surface area (Å²) in [5.41, 5.74) is 0.654. The molecule has 1 amide bonds. The van der Waals surface area contributed by atoms with E-state index in [1.165, 1.54) is 12.8 Å². The Morgan fingerprint density at radius 2 is 2.00 bits per heavy atom. The Balaban J connectivity index is 0.00000104. The first-order chi connectivity index (χ1) is 10.8. The number of imidazole rings is 1. The number of halogens is 2. The topological polar surface area (TPSA) is 63.1 Å². The Labute approximate surface area is 153 Å². The van der Waals surface area contributed by atoms with Crippen molar-refractivity contribution in [3.8, 4) is 5.82 Å². The predicted octanol–water partition coefficient (Wildman–Crippen LogP) is 2.08. The highest BCUT2D eigenvalue weighted by Gasteiger charge is 2.31. The summed E-state index contributed by atoms with van der Waals surface area (Å²) in [7, 11) is 0. The highest BCUT2D eigenvalue weighted by Crippen LogP contribution is 2.21. The van der Waals surface area contributed by atoms with E-state index in [1.54, 1.807) is 18.7 Å². The van der Waals surface area contributed by atoms with Crippen molar-refractivity contribution in [3.05, 3.63) is 42.6 Å². The van der Waals surface area contributed by atoms with Crippen LogP contribution >= 0.6 is 24.8 Å². The van der Waals surface area contributed by atoms with E-state index in [0.717, 1.165) is 25.3 Å². The third-order valence-electron chi connectivity index (χ3n) is 4.57. The van der Waals surface area contributed by atoms with Crippen LogP contribution in [0.3, 0.4) is 0 Å². The second-order valence-corrected chi connectivity index (χ2v) is 6.05. The fourth-order valence-electron chi connectivity index (χ4n) is 3.37. The molecule has 0 saturated carbocycles. The Bertz CT molecular complexity index is 662. The maximum Gasteiger partial charge on any atom is 0.255 e. The summed E-state index contributed by atoms with van der Waals surface area (Å²) in [5, 5.41) is 3.60. The van der Waals surface area contributed by atoms with Crippen LogP contribution in [-0.4, -0.2) is 50.5 Å². The molecule has 24 heavy (non-hydrogen) atoms. The zero-order chi connectivity index (χ0) is 14.9. The van der Waals surface area contributed by atoms with Gasteiger partial charge in [0.1, 0.15) is 12.1 Å². The summed E-state index contributed by atoms with van der Waals surface area (Å²) in [6.45, 7) is 1.63. The van der Waals surface area contributed by atoms with Gasteiger partial charge < -0.3 is 10.2 Å². The molecule has 0 aliphatic carbocycles. The SMILES string of the molecule is Cl.Cl.O=C(c1ccc(-n2ccnc2)nc1)N1CCC2CCC(C1)N2. The van der Waals surface area contributed by atoms with Gasteiger partial charge in [0.05, 0.1) is 5.56 Å². The van der Waals surface area contributed by atoms with Gasteiger partial charge in [0.15, 0.2) is 0 Å². The first-order valence-corrected chi connectivity index (χ1v) is 7.79. The minimum absolute atomic E-state index is 0. The smallest absolute Gasteiger partial charge is 0.255 e. The fraction of sp³-hybridized carbons (Fsp3) is 0.438. The second kappa shape index (κ2) is 7.96. The quantitative estimate of drug-likeness (QED) is 0.879. The minimum atomic E-state index is 0. The van der Waals surface area contributed by atoms with Crippen molar-refractivity contribution in [2.24, 2.45) is 0 Å². The van der Waals surface area contributed by atoms with Crippen molar-refractivity contribution >= 4 is 30.7 Å². The van der Waals surface area contributed by atoms with Gasteiger partial charge in [-0.2, -0.15) is 0 Å². The van der Waals surface area contributed by atoms with Crippen molar-refractivity contribution in [1.29, 1.82) is 0 Å². The third kappa shape index (κ3) is 3.71. The zero-order valence-electron chi connectivity index (χ0n) is 13.2. The van der Waals surface area contributed by atoms with Crippen molar-refractivity contribution < 1.29 is 4.79 Å². The largest absolute Gasteiger partial charge is 0.337 e. The molecule has 0 radical (unpaired) electrons. The molecule has 1 N–H and O–H groups in total. The molecule has 0 aromatic carbocycles. The Morgan fingerprint density at radius 1 is 1.17 bits per heavy atom. The van der Waals surface area contributed by atoms with E-state index in [0.29, 0.717) is 17.6 Å². The second-order valence-electron chi connectivity index (χ2n) is 6.05. The first-order valence-electron chi connectivity index (χ1n) is 7.79. The molecule has 2 aromatic rings. The van der Waals surface area contributed by atoms with E-state index < -0.39 is 0 Å².